The van der Waals surface area contributed by atoms with E-state index < -0.39 is 5.97 Å². The third-order valence-corrected chi connectivity index (χ3v) is 2.49. The lowest BCUT2D eigenvalue weighted by Gasteiger charge is -2.06. The molecule has 1 aromatic carbocycles. The number of nitriles is 1. The SMILES string of the molecule is N#Cc1cncnc1NCc1ccc(C(=O)O)cc1. The van der Waals surface area contributed by atoms with Crippen molar-refractivity contribution in [1.29, 1.82) is 5.26 Å². The van der Waals surface area contributed by atoms with E-state index in [0.717, 1.165) is 5.56 Å². The smallest absolute Gasteiger partial charge is 0.335 e. The second kappa shape index (κ2) is 5.60. The van der Waals surface area contributed by atoms with Crippen molar-refractivity contribution in [2.24, 2.45) is 0 Å². The van der Waals surface area contributed by atoms with Gasteiger partial charge in [-0.2, -0.15) is 5.26 Å². The Bertz CT molecular complexity index is 632. The van der Waals surface area contributed by atoms with Crippen LogP contribution in [0.2, 0.25) is 0 Å². The molecule has 0 saturated heterocycles. The van der Waals surface area contributed by atoms with E-state index in [-0.39, 0.29) is 5.56 Å². The molecule has 0 radical (unpaired) electrons. The van der Waals surface area contributed by atoms with E-state index in [2.05, 4.69) is 15.3 Å². The van der Waals surface area contributed by atoms with E-state index in [1.165, 1.54) is 24.7 Å². The maximum atomic E-state index is 10.7. The van der Waals surface area contributed by atoms with E-state index in [1.807, 2.05) is 6.07 Å². The van der Waals surface area contributed by atoms with Crippen LogP contribution in [0.4, 0.5) is 5.82 Å². The van der Waals surface area contributed by atoms with Crippen molar-refractivity contribution in [2.75, 3.05) is 5.32 Å². The molecule has 0 amide bonds. The number of anilines is 1. The third kappa shape index (κ3) is 3.04. The molecular formula is C13H10N4O2. The van der Waals surface area contributed by atoms with E-state index in [9.17, 15) is 4.79 Å². The highest BCUT2D eigenvalue weighted by molar-refractivity contribution is 5.87. The Labute approximate surface area is 109 Å². The second-order valence-electron chi connectivity index (χ2n) is 3.75. The highest BCUT2D eigenvalue weighted by Gasteiger charge is 2.04. The number of carboxylic acid groups (broad SMARTS) is 1. The first-order valence-corrected chi connectivity index (χ1v) is 5.47. The van der Waals surface area contributed by atoms with Crippen LogP contribution in [-0.2, 0) is 6.54 Å². The van der Waals surface area contributed by atoms with Crippen LogP contribution >= 0.6 is 0 Å². The normalized spacial score (nSPS) is 9.63. The molecule has 2 N–H and O–H groups in total. The summed E-state index contributed by atoms with van der Waals surface area (Å²) < 4.78 is 0. The number of benzene rings is 1. The van der Waals surface area contributed by atoms with Crippen LogP contribution in [0.25, 0.3) is 0 Å². The number of hydrogen-bond acceptors (Lipinski definition) is 5. The molecule has 0 unspecified atom stereocenters. The molecule has 0 spiro atoms. The first-order chi connectivity index (χ1) is 9.20. The molecule has 6 nitrogen and oxygen atoms in total. The van der Waals surface area contributed by atoms with Crippen LogP contribution in [0.5, 0.6) is 0 Å². The fraction of sp³-hybridized carbons (Fsp3) is 0.0769. The quantitative estimate of drug-likeness (QED) is 0.860. The summed E-state index contributed by atoms with van der Waals surface area (Å²) in [4.78, 5) is 18.4. The first kappa shape index (κ1) is 12.5. The largest absolute Gasteiger partial charge is 0.478 e. The minimum absolute atomic E-state index is 0.239. The molecule has 94 valence electrons. The van der Waals surface area contributed by atoms with Crippen LogP contribution < -0.4 is 5.32 Å². The van der Waals surface area contributed by atoms with Gasteiger partial charge in [0, 0.05) is 6.54 Å². The average Bonchev–Trinajstić information content (AvgIpc) is 2.45. The van der Waals surface area contributed by atoms with Crippen molar-refractivity contribution in [3.63, 3.8) is 0 Å². The second-order valence-corrected chi connectivity index (χ2v) is 3.75. The predicted octanol–water partition coefficient (Wildman–Crippen LogP) is 1.66. The van der Waals surface area contributed by atoms with Gasteiger partial charge in [-0.1, -0.05) is 12.1 Å². The number of nitrogens with one attached hydrogen (secondary N) is 1. The molecule has 0 saturated carbocycles. The Kier molecular flexibility index (Phi) is 3.69. The van der Waals surface area contributed by atoms with Gasteiger partial charge in [-0.3, -0.25) is 0 Å². The van der Waals surface area contributed by atoms with E-state index in [4.69, 9.17) is 10.4 Å². The van der Waals surface area contributed by atoms with Gasteiger partial charge in [0.1, 0.15) is 23.8 Å². The van der Waals surface area contributed by atoms with E-state index in [1.54, 1.807) is 12.1 Å². The average molecular weight is 254 g/mol. The van der Waals surface area contributed by atoms with Gasteiger partial charge in [0.2, 0.25) is 0 Å². The zero-order chi connectivity index (χ0) is 13.7. The van der Waals surface area contributed by atoms with Gasteiger partial charge in [0.15, 0.2) is 0 Å². The van der Waals surface area contributed by atoms with Crippen LogP contribution in [0, 0.1) is 11.3 Å². The molecule has 0 atom stereocenters. The molecule has 19 heavy (non-hydrogen) atoms. The summed E-state index contributed by atoms with van der Waals surface area (Å²) in [7, 11) is 0. The topological polar surface area (TPSA) is 98.9 Å². The summed E-state index contributed by atoms with van der Waals surface area (Å²) in [5.41, 5.74) is 1.50. The Morgan fingerprint density at radius 2 is 2.11 bits per heavy atom. The summed E-state index contributed by atoms with van der Waals surface area (Å²) in [5.74, 6) is -0.498. The minimum atomic E-state index is -0.956. The maximum absolute atomic E-state index is 10.7. The minimum Gasteiger partial charge on any atom is -0.478 e. The first-order valence-electron chi connectivity index (χ1n) is 5.47. The molecule has 0 fully saturated rings. The van der Waals surface area contributed by atoms with Crippen molar-refractivity contribution in [3.05, 3.63) is 53.5 Å². The highest BCUT2D eigenvalue weighted by Crippen LogP contribution is 2.11. The zero-order valence-electron chi connectivity index (χ0n) is 9.87. The van der Waals surface area contributed by atoms with Gasteiger partial charge in [-0.05, 0) is 17.7 Å². The molecular weight excluding hydrogens is 244 g/mol. The summed E-state index contributed by atoms with van der Waals surface area (Å²) in [6.45, 7) is 0.450. The lowest BCUT2D eigenvalue weighted by molar-refractivity contribution is 0.0697. The van der Waals surface area contributed by atoms with Crippen LogP contribution in [-0.4, -0.2) is 21.0 Å². The number of nitrogens with zero attached hydrogens (tertiary/aromatic N) is 3. The zero-order valence-corrected chi connectivity index (χ0v) is 9.87. The predicted molar refractivity (Wildman–Crippen MR) is 67.5 cm³/mol. The van der Waals surface area contributed by atoms with Crippen molar-refractivity contribution in [2.45, 2.75) is 6.54 Å². The number of carboxylic acids is 1. The number of aromatic carboxylic acids is 1. The van der Waals surface area contributed by atoms with Gasteiger partial charge >= 0.3 is 5.97 Å². The standard InChI is InChI=1S/C13H10N4O2/c14-5-11-7-15-8-17-12(11)16-6-9-1-3-10(4-2-9)13(18)19/h1-4,7-8H,6H2,(H,18,19)(H,15,16,17). The van der Waals surface area contributed by atoms with E-state index in [0.29, 0.717) is 17.9 Å². The highest BCUT2D eigenvalue weighted by atomic mass is 16.4. The lowest BCUT2D eigenvalue weighted by atomic mass is 10.1. The number of aromatic nitrogens is 2. The fourth-order valence-corrected chi connectivity index (χ4v) is 1.50. The maximum Gasteiger partial charge on any atom is 0.335 e. The molecule has 0 aliphatic heterocycles. The molecule has 6 heteroatoms. The lowest BCUT2D eigenvalue weighted by Crippen LogP contribution is -2.04. The summed E-state index contributed by atoms with van der Waals surface area (Å²) in [6.07, 6.45) is 2.79. The molecule has 0 aliphatic carbocycles. The fourth-order valence-electron chi connectivity index (χ4n) is 1.50. The van der Waals surface area contributed by atoms with Gasteiger partial charge in [-0.25, -0.2) is 14.8 Å². The number of rotatable bonds is 4. The summed E-state index contributed by atoms with van der Waals surface area (Å²) in [5, 5.41) is 20.7. The molecule has 0 bridgehead atoms. The van der Waals surface area contributed by atoms with Gasteiger partial charge in [0.05, 0.1) is 11.8 Å². The Balaban J connectivity index is 2.06. The van der Waals surface area contributed by atoms with E-state index >= 15 is 0 Å². The van der Waals surface area contributed by atoms with Crippen molar-refractivity contribution in [3.8, 4) is 6.07 Å². The number of carbonyl (C=O) groups is 1. The van der Waals surface area contributed by atoms with Gasteiger partial charge in [0.25, 0.3) is 0 Å². The van der Waals surface area contributed by atoms with Crippen LogP contribution in [0.1, 0.15) is 21.5 Å². The molecule has 2 aromatic rings. The Morgan fingerprint density at radius 1 is 1.37 bits per heavy atom. The van der Waals surface area contributed by atoms with Crippen molar-refractivity contribution in [1.82, 2.24) is 9.97 Å². The summed E-state index contributed by atoms with van der Waals surface area (Å²) >= 11 is 0. The molecule has 1 aromatic heterocycles. The van der Waals surface area contributed by atoms with Crippen molar-refractivity contribution >= 4 is 11.8 Å². The Hall–Kier alpha value is -2.94. The number of hydrogen-bond donors (Lipinski definition) is 2. The third-order valence-electron chi connectivity index (χ3n) is 2.49. The van der Waals surface area contributed by atoms with Gasteiger partial charge < -0.3 is 10.4 Å². The van der Waals surface area contributed by atoms with Crippen molar-refractivity contribution < 1.29 is 9.90 Å². The monoisotopic (exact) mass is 254 g/mol. The molecule has 1 heterocycles. The Morgan fingerprint density at radius 3 is 2.74 bits per heavy atom. The molecule has 0 aliphatic rings. The van der Waals surface area contributed by atoms with Crippen LogP contribution in [0.3, 0.4) is 0 Å². The van der Waals surface area contributed by atoms with Crippen LogP contribution in [0.15, 0.2) is 36.8 Å². The van der Waals surface area contributed by atoms with Gasteiger partial charge in [-0.15, -0.1) is 0 Å². The summed E-state index contributed by atoms with van der Waals surface area (Å²) in [6, 6.07) is 8.48. The molecule has 2 rings (SSSR count).